The minimum atomic E-state index is -0.750. The third-order valence-electron chi connectivity index (χ3n) is 1.83. The lowest BCUT2D eigenvalue weighted by molar-refractivity contribution is -0.142. The number of aliphatic carboxylic acids is 1. The van der Waals surface area contributed by atoms with Crippen molar-refractivity contribution in [3.8, 4) is 0 Å². The molecule has 0 fully saturated rings. The normalized spacial score (nSPS) is 15.9. The Balaban J connectivity index is 3.71. The maximum Gasteiger partial charge on any atom is 0.306 e. The summed E-state index contributed by atoms with van der Waals surface area (Å²) in [6.07, 6.45) is 1.55. The SMILES string of the molecule is CC[C@@H](C[C@H](C)C(=O)O)OC. The molecule has 3 heteroatoms. The third-order valence-corrected chi connectivity index (χ3v) is 1.83. The molecule has 0 heterocycles. The molecule has 0 aromatic heterocycles. The summed E-state index contributed by atoms with van der Waals surface area (Å²) in [4.78, 5) is 10.4. The summed E-state index contributed by atoms with van der Waals surface area (Å²) in [7, 11) is 1.61. The van der Waals surface area contributed by atoms with Gasteiger partial charge in [0, 0.05) is 7.11 Å². The van der Waals surface area contributed by atoms with E-state index in [9.17, 15) is 4.79 Å². The number of carboxylic acids is 1. The summed E-state index contributed by atoms with van der Waals surface area (Å²) in [6.45, 7) is 3.69. The Kier molecular flexibility index (Phi) is 4.86. The van der Waals surface area contributed by atoms with Crippen LogP contribution in [-0.2, 0) is 9.53 Å². The molecule has 0 radical (unpaired) electrons. The number of carboxylic acid groups (broad SMARTS) is 1. The number of rotatable bonds is 5. The summed E-state index contributed by atoms with van der Waals surface area (Å²) >= 11 is 0. The van der Waals surface area contributed by atoms with E-state index in [1.54, 1.807) is 14.0 Å². The minimum absolute atomic E-state index is 0.0844. The smallest absolute Gasteiger partial charge is 0.306 e. The van der Waals surface area contributed by atoms with Crippen molar-refractivity contribution in [3.05, 3.63) is 0 Å². The Labute approximate surface area is 67.4 Å². The molecule has 0 bridgehead atoms. The average Bonchev–Trinajstić information content (AvgIpc) is 1.99. The highest BCUT2D eigenvalue weighted by molar-refractivity contribution is 5.69. The average molecular weight is 160 g/mol. The summed E-state index contributed by atoms with van der Waals surface area (Å²) in [6, 6.07) is 0. The molecule has 0 aliphatic heterocycles. The van der Waals surface area contributed by atoms with Crippen LogP contribution in [0.15, 0.2) is 0 Å². The van der Waals surface area contributed by atoms with Gasteiger partial charge in [0.1, 0.15) is 0 Å². The predicted octanol–water partition coefficient (Wildman–Crippen LogP) is 1.52. The van der Waals surface area contributed by atoms with Gasteiger partial charge in [0.2, 0.25) is 0 Å². The number of hydrogen-bond donors (Lipinski definition) is 1. The van der Waals surface area contributed by atoms with E-state index in [1.165, 1.54) is 0 Å². The molecule has 66 valence electrons. The molecule has 0 aliphatic carbocycles. The van der Waals surface area contributed by atoms with E-state index in [1.807, 2.05) is 6.92 Å². The molecule has 0 amide bonds. The van der Waals surface area contributed by atoms with Crippen molar-refractivity contribution in [2.24, 2.45) is 5.92 Å². The molecule has 0 spiro atoms. The van der Waals surface area contributed by atoms with Crippen molar-refractivity contribution in [2.75, 3.05) is 7.11 Å². The monoisotopic (exact) mass is 160 g/mol. The lowest BCUT2D eigenvalue weighted by Gasteiger charge is -2.14. The van der Waals surface area contributed by atoms with E-state index in [4.69, 9.17) is 9.84 Å². The zero-order chi connectivity index (χ0) is 8.85. The van der Waals surface area contributed by atoms with E-state index in [2.05, 4.69) is 0 Å². The van der Waals surface area contributed by atoms with Crippen LogP contribution in [0.5, 0.6) is 0 Å². The van der Waals surface area contributed by atoms with Crippen LogP contribution in [0.3, 0.4) is 0 Å². The molecule has 2 atom stereocenters. The number of hydrogen-bond acceptors (Lipinski definition) is 2. The zero-order valence-corrected chi connectivity index (χ0v) is 7.33. The predicted molar refractivity (Wildman–Crippen MR) is 42.5 cm³/mol. The highest BCUT2D eigenvalue weighted by atomic mass is 16.5. The van der Waals surface area contributed by atoms with Crippen LogP contribution in [0, 0.1) is 5.92 Å². The Bertz CT molecular complexity index is 119. The van der Waals surface area contributed by atoms with E-state index < -0.39 is 5.97 Å². The van der Waals surface area contributed by atoms with Gasteiger partial charge in [0.05, 0.1) is 12.0 Å². The van der Waals surface area contributed by atoms with Crippen LogP contribution < -0.4 is 0 Å². The second kappa shape index (κ2) is 5.13. The van der Waals surface area contributed by atoms with Crippen molar-refractivity contribution >= 4 is 5.97 Å². The molecule has 1 N–H and O–H groups in total. The van der Waals surface area contributed by atoms with Gasteiger partial charge < -0.3 is 9.84 Å². The maximum absolute atomic E-state index is 10.4. The van der Waals surface area contributed by atoms with Crippen molar-refractivity contribution in [3.63, 3.8) is 0 Å². The van der Waals surface area contributed by atoms with Crippen molar-refractivity contribution in [1.82, 2.24) is 0 Å². The first-order chi connectivity index (χ1) is 5.11. The first kappa shape index (κ1) is 10.4. The molecule has 3 nitrogen and oxygen atoms in total. The second-order valence-electron chi connectivity index (χ2n) is 2.74. The van der Waals surface area contributed by atoms with Crippen LogP contribution in [0.4, 0.5) is 0 Å². The van der Waals surface area contributed by atoms with Gasteiger partial charge >= 0.3 is 5.97 Å². The fourth-order valence-electron chi connectivity index (χ4n) is 0.925. The van der Waals surface area contributed by atoms with E-state index in [0.717, 1.165) is 6.42 Å². The van der Waals surface area contributed by atoms with Crippen LogP contribution in [-0.4, -0.2) is 24.3 Å². The zero-order valence-electron chi connectivity index (χ0n) is 7.33. The molecule has 0 unspecified atom stereocenters. The molecular weight excluding hydrogens is 144 g/mol. The summed E-state index contributed by atoms with van der Waals surface area (Å²) < 4.78 is 5.06. The highest BCUT2D eigenvalue weighted by Crippen LogP contribution is 2.10. The topological polar surface area (TPSA) is 46.5 Å². The van der Waals surface area contributed by atoms with Crippen molar-refractivity contribution < 1.29 is 14.6 Å². The lowest BCUT2D eigenvalue weighted by atomic mass is 10.0. The van der Waals surface area contributed by atoms with Crippen LogP contribution in [0.25, 0.3) is 0 Å². The van der Waals surface area contributed by atoms with Crippen molar-refractivity contribution in [2.45, 2.75) is 32.8 Å². The Hall–Kier alpha value is -0.570. The molecule has 0 aromatic rings. The Morgan fingerprint density at radius 2 is 2.18 bits per heavy atom. The first-order valence-electron chi connectivity index (χ1n) is 3.87. The van der Waals surface area contributed by atoms with Gasteiger partial charge in [-0.05, 0) is 12.8 Å². The molecule has 0 aromatic carbocycles. The summed E-state index contributed by atoms with van der Waals surface area (Å²) in [5.41, 5.74) is 0. The fourth-order valence-corrected chi connectivity index (χ4v) is 0.925. The van der Waals surface area contributed by atoms with Gasteiger partial charge in [-0.25, -0.2) is 0 Å². The van der Waals surface area contributed by atoms with Crippen LogP contribution in [0.2, 0.25) is 0 Å². The summed E-state index contributed by atoms with van der Waals surface area (Å²) in [5, 5.41) is 8.57. The largest absolute Gasteiger partial charge is 0.481 e. The quantitative estimate of drug-likeness (QED) is 0.663. The van der Waals surface area contributed by atoms with Crippen molar-refractivity contribution in [1.29, 1.82) is 0 Å². The highest BCUT2D eigenvalue weighted by Gasteiger charge is 2.15. The Morgan fingerprint density at radius 1 is 1.64 bits per heavy atom. The molecule has 0 saturated heterocycles. The fraction of sp³-hybridized carbons (Fsp3) is 0.875. The van der Waals surface area contributed by atoms with E-state index >= 15 is 0 Å². The lowest BCUT2D eigenvalue weighted by Crippen LogP contribution is -2.19. The van der Waals surface area contributed by atoms with Gasteiger partial charge in [0.15, 0.2) is 0 Å². The van der Waals surface area contributed by atoms with E-state index in [0.29, 0.717) is 6.42 Å². The third kappa shape index (κ3) is 3.98. The van der Waals surface area contributed by atoms with Gasteiger partial charge in [-0.3, -0.25) is 4.79 Å². The molecule has 11 heavy (non-hydrogen) atoms. The van der Waals surface area contributed by atoms with Crippen LogP contribution in [0.1, 0.15) is 26.7 Å². The molecule has 0 aliphatic rings. The number of methoxy groups -OCH3 is 1. The number of carbonyl (C=O) groups is 1. The molecule has 0 rings (SSSR count). The Morgan fingerprint density at radius 3 is 2.45 bits per heavy atom. The van der Waals surface area contributed by atoms with Gasteiger partial charge in [0.25, 0.3) is 0 Å². The minimum Gasteiger partial charge on any atom is -0.481 e. The maximum atomic E-state index is 10.4. The van der Waals surface area contributed by atoms with Gasteiger partial charge in [-0.15, -0.1) is 0 Å². The molecular formula is C8H16O3. The van der Waals surface area contributed by atoms with Gasteiger partial charge in [-0.1, -0.05) is 13.8 Å². The van der Waals surface area contributed by atoms with Crippen LogP contribution >= 0.6 is 0 Å². The number of ether oxygens (including phenoxy) is 1. The summed E-state index contributed by atoms with van der Waals surface area (Å²) in [5.74, 6) is -1.06. The molecule has 0 saturated carbocycles. The first-order valence-corrected chi connectivity index (χ1v) is 3.87. The standard InChI is InChI=1S/C8H16O3/c1-4-7(11-3)5-6(2)8(9)10/h6-7H,4-5H2,1-3H3,(H,9,10)/t6-,7-/m0/s1. The van der Waals surface area contributed by atoms with Gasteiger partial charge in [-0.2, -0.15) is 0 Å². The van der Waals surface area contributed by atoms with E-state index in [-0.39, 0.29) is 12.0 Å². The second-order valence-corrected chi connectivity index (χ2v) is 2.74.